The van der Waals surface area contributed by atoms with Crippen molar-refractivity contribution in [1.29, 1.82) is 0 Å². The fourth-order valence-electron chi connectivity index (χ4n) is 2.70. The first kappa shape index (κ1) is 21.4. The standard InChI is InChI=1S/C20H18ClN5OS.ClH/c21-16-6-4-5-15(13-16)19-10-9-18(27-19)14-22-11-12-28-20-23-24-25-26(20)17-7-2-1-3-8-17;/h1-10,13,22H,11-12,14H2;1H/p-1. The Hall–Kier alpha value is -2.32. The van der Waals surface area contributed by atoms with E-state index in [-0.39, 0.29) is 12.4 Å². The van der Waals surface area contributed by atoms with E-state index in [2.05, 4.69) is 20.8 Å². The third-order valence-electron chi connectivity index (χ3n) is 4.02. The third-order valence-corrected chi connectivity index (χ3v) is 5.18. The molecule has 2 aromatic carbocycles. The predicted octanol–water partition coefficient (Wildman–Crippen LogP) is 1.46. The number of tetrazole rings is 1. The topological polar surface area (TPSA) is 68.8 Å². The molecule has 0 saturated heterocycles. The normalized spacial score (nSPS) is 10.7. The molecule has 29 heavy (non-hydrogen) atoms. The highest BCUT2D eigenvalue weighted by Gasteiger charge is 2.09. The highest BCUT2D eigenvalue weighted by molar-refractivity contribution is 7.99. The van der Waals surface area contributed by atoms with Crippen LogP contribution >= 0.6 is 23.4 Å². The Balaban J connectivity index is 0.00000240. The average Bonchev–Trinajstić information content (AvgIpc) is 3.38. The van der Waals surface area contributed by atoms with Crippen molar-refractivity contribution in [2.75, 3.05) is 12.3 Å². The first-order valence-electron chi connectivity index (χ1n) is 8.81. The molecule has 0 atom stereocenters. The van der Waals surface area contributed by atoms with Gasteiger partial charge in [0.25, 0.3) is 0 Å². The second-order valence-corrected chi connectivity index (χ2v) is 7.51. The average molecular weight is 447 g/mol. The minimum absolute atomic E-state index is 0. The molecule has 0 unspecified atom stereocenters. The van der Waals surface area contributed by atoms with Crippen LogP contribution in [0.4, 0.5) is 0 Å². The van der Waals surface area contributed by atoms with Gasteiger partial charge in [0, 0.05) is 22.9 Å². The summed E-state index contributed by atoms with van der Waals surface area (Å²) in [6, 6.07) is 21.4. The number of aromatic nitrogens is 4. The number of nitrogens with zero attached hydrogens (tertiary/aromatic N) is 4. The fourth-order valence-corrected chi connectivity index (χ4v) is 3.67. The molecule has 0 spiro atoms. The van der Waals surface area contributed by atoms with Gasteiger partial charge in [0.1, 0.15) is 11.5 Å². The number of furan rings is 1. The van der Waals surface area contributed by atoms with E-state index in [1.165, 1.54) is 0 Å². The molecule has 6 nitrogen and oxygen atoms in total. The molecule has 0 fully saturated rings. The van der Waals surface area contributed by atoms with Gasteiger partial charge in [-0.2, -0.15) is 4.68 Å². The molecule has 0 amide bonds. The van der Waals surface area contributed by atoms with Gasteiger partial charge in [0.2, 0.25) is 5.16 Å². The summed E-state index contributed by atoms with van der Waals surface area (Å²) in [5, 5.41) is 16.8. The van der Waals surface area contributed by atoms with Gasteiger partial charge in [-0.25, -0.2) is 0 Å². The second-order valence-electron chi connectivity index (χ2n) is 6.01. The van der Waals surface area contributed by atoms with E-state index in [0.29, 0.717) is 11.6 Å². The lowest BCUT2D eigenvalue weighted by atomic mass is 10.2. The first-order valence-corrected chi connectivity index (χ1v) is 10.2. The summed E-state index contributed by atoms with van der Waals surface area (Å²) in [5.74, 6) is 2.54. The monoisotopic (exact) mass is 446 g/mol. The quantitative estimate of drug-likeness (QED) is 0.326. The maximum atomic E-state index is 6.04. The highest BCUT2D eigenvalue weighted by Crippen LogP contribution is 2.24. The largest absolute Gasteiger partial charge is 1.00 e. The highest BCUT2D eigenvalue weighted by atomic mass is 35.5. The van der Waals surface area contributed by atoms with Crippen molar-refractivity contribution in [3.05, 3.63) is 77.5 Å². The zero-order valence-electron chi connectivity index (χ0n) is 15.3. The fraction of sp³-hybridized carbons (Fsp3) is 0.150. The molecular formula is C20H18Cl2N5OS-. The van der Waals surface area contributed by atoms with Crippen LogP contribution in [-0.2, 0) is 6.54 Å². The number of nitrogens with one attached hydrogen (secondary N) is 1. The Morgan fingerprint density at radius 2 is 1.90 bits per heavy atom. The molecule has 150 valence electrons. The van der Waals surface area contributed by atoms with Crippen molar-refractivity contribution in [2.45, 2.75) is 11.7 Å². The molecule has 9 heteroatoms. The van der Waals surface area contributed by atoms with Crippen molar-refractivity contribution in [3.8, 4) is 17.0 Å². The van der Waals surface area contributed by atoms with Crippen LogP contribution in [0, 0.1) is 0 Å². The van der Waals surface area contributed by atoms with Crippen molar-refractivity contribution >= 4 is 23.4 Å². The second kappa shape index (κ2) is 10.5. The summed E-state index contributed by atoms with van der Waals surface area (Å²) in [4.78, 5) is 0. The van der Waals surface area contributed by atoms with Gasteiger partial charge in [0.15, 0.2) is 0 Å². The van der Waals surface area contributed by atoms with Crippen molar-refractivity contribution < 1.29 is 16.8 Å². The lowest BCUT2D eigenvalue weighted by Crippen LogP contribution is -3.00. The zero-order valence-corrected chi connectivity index (χ0v) is 17.7. The van der Waals surface area contributed by atoms with Crippen LogP contribution in [0.2, 0.25) is 5.02 Å². The van der Waals surface area contributed by atoms with Crippen LogP contribution in [0.15, 0.2) is 76.3 Å². The van der Waals surface area contributed by atoms with Gasteiger partial charge in [-0.15, -0.1) is 5.10 Å². The Bertz CT molecular complexity index is 1040. The van der Waals surface area contributed by atoms with Crippen LogP contribution in [0.25, 0.3) is 17.0 Å². The molecule has 1 N–H and O–H groups in total. The number of thioether (sulfide) groups is 1. The molecule has 0 radical (unpaired) electrons. The molecule has 0 aliphatic heterocycles. The number of rotatable bonds is 8. The van der Waals surface area contributed by atoms with Gasteiger partial charge in [0.05, 0.1) is 12.2 Å². The van der Waals surface area contributed by atoms with E-state index in [4.69, 9.17) is 16.0 Å². The molecule has 4 aromatic rings. The van der Waals surface area contributed by atoms with Crippen molar-refractivity contribution in [1.82, 2.24) is 25.5 Å². The molecular weight excluding hydrogens is 429 g/mol. The van der Waals surface area contributed by atoms with Crippen LogP contribution in [-0.4, -0.2) is 32.5 Å². The van der Waals surface area contributed by atoms with Crippen LogP contribution in [0.1, 0.15) is 5.76 Å². The lowest BCUT2D eigenvalue weighted by Gasteiger charge is -2.05. The summed E-state index contributed by atoms with van der Waals surface area (Å²) < 4.78 is 7.63. The van der Waals surface area contributed by atoms with Gasteiger partial charge >= 0.3 is 0 Å². The van der Waals surface area contributed by atoms with Gasteiger partial charge in [-0.1, -0.05) is 53.7 Å². The smallest absolute Gasteiger partial charge is 0.214 e. The molecule has 0 saturated carbocycles. The van der Waals surface area contributed by atoms with E-state index < -0.39 is 0 Å². The summed E-state index contributed by atoms with van der Waals surface area (Å²) in [5.41, 5.74) is 1.93. The molecule has 2 aromatic heterocycles. The molecule has 0 bridgehead atoms. The predicted molar refractivity (Wildman–Crippen MR) is 111 cm³/mol. The van der Waals surface area contributed by atoms with E-state index in [1.54, 1.807) is 16.4 Å². The van der Waals surface area contributed by atoms with Gasteiger partial charge in [-0.05, 0) is 46.8 Å². The van der Waals surface area contributed by atoms with Crippen LogP contribution in [0.3, 0.4) is 0 Å². The number of benzene rings is 2. The first-order chi connectivity index (χ1) is 13.8. The summed E-state index contributed by atoms with van der Waals surface area (Å²) in [7, 11) is 0. The molecule has 4 rings (SSSR count). The van der Waals surface area contributed by atoms with E-state index >= 15 is 0 Å². The third kappa shape index (κ3) is 5.61. The van der Waals surface area contributed by atoms with Crippen LogP contribution < -0.4 is 17.7 Å². The van der Waals surface area contributed by atoms with E-state index in [9.17, 15) is 0 Å². The van der Waals surface area contributed by atoms with Crippen molar-refractivity contribution in [2.24, 2.45) is 0 Å². The maximum absolute atomic E-state index is 6.04. The Kier molecular flexibility index (Phi) is 7.71. The Morgan fingerprint density at radius 3 is 2.72 bits per heavy atom. The number of para-hydroxylation sites is 1. The molecule has 2 heterocycles. The number of halogens is 2. The SMILES string of the molecule is Clc1cccc(-c2ccc(CNCCSc3nnnn3-c3ccccc3)o2)c1.[Cl-]. The Labute approximate surface area is 184 Å². The summed E-state index contributed by atoms with van der Waals surface area (Å²) in [6.45, 7) is 1.46. The lowest BCUT2D eigenvalue weighted by molar-refractivity contribution is -0.00000616. The molecule has 0 aliphatic rings. The summed E-state index contributed by atoms with van der Waals surface area (Å²) >= 11 is 7.65. The van der Waals surface area contributed by atoms with Gasteiger partial charge in [-0.3, -0.25) is 0 Å². The van der Waals surface area contributed by atoms with Gasteiger partial charge < -0.3 is 22.1 Å². The Morgan fingerprint density at radius 1 is 1.03 bits per heavy atom. The minimum atomic E-state index is 0. The zero-order chi connectivity index (χ0) is 19.2. The number of hydrogen-bond acceptors (Lipinski definition) is 6. The van der Waals surface area contributed by atoms with Crippen molar-refractivity contribution in [3.63, 3.8) is 0 Å². The molecule has 0 aliphatic carbocycles. The minimum Gasteiger partial charge on any atom is -1.00 e. The number of hydrogen-bond donors (Lipinski definition) is 1. The maximum Gasteiger partial charge on any atom is 0.214 e. The summed E-state index contributed by atoms with van der Waals surface area (Å²) in [6.07, 6.45) is 0. The van der Waals surface area contributed by atoms with Crippen LogP contribution in [0.5, 0.6) is 0 Å². The van der Waals surface area contributed by atoms with E-state index in [1.807, 2.05) is 66.7 Å². The van der Waals surface area contributed by atoms with E-state index in [0.717, 1.165) is 40.2 Å².